The molecular weight excluding hydrogens is 214 g/mol. The number of hydrogen-bond donors (Lipinski definition) is 1. The molecule has 0 bridgehead atoms. The number of anilines is 1. The lowest BCUT2D eigenvalue weighted by atomic mass is 9.98. The molecule has 0 fully saturated rings. The largest absolute Gasteiger partial charge is 0.398 e. The van der Waals surface area contributed by atoms with Crippen LogP contribution in [0.2, 0.25) is 0 Å². The highest BCUT2D eigenvalue weighted by Crippen LogP contribution is 2.24. The maximum atomic E-state index is 5.98. The standard InChI is InChI=1S/C13H15N3O/c14-13-3-1-2-10-8-16(7-5-12(10)13)9-11-4-6-15-17-11/h1-4,6H,5,7-9,14H2. The van der Waals surface area contributed by atoms with E-state index in [0.717, 1.165) is 37.5 Å². The lowest BCUT2D eigenvalue weighted by Crippen LogP contribution is -2.30. The maximum absolute atomic E-state index is 5.98. The van der Waals surface area contributed by atoms with Crippen molar-refractivity contribution in [2.75, 3.05) is 12.3 Å². The number of nitrogens with two attached hydrogens (primary N) is 1. The van der Waals surface area contributed by atoms with Crippen LogP contribution in [0.25, 0.3) is 0 Å². The van der Waals surface area contributed by atoms with Crippen LogP contribution < -0.4 is 5.73 Å². The Bertz CT molecular complexity index is 507. The molecule has 2 aromatic rings. The van der Waals surface area contributed by atoms with Crippen LogP contribution in [0, 0.1) is 0 Å². The Balaban J connectivity index is 1.77. The van der Waals surface area contributed by atoms with Gasteiger partial charge in [0.15, 0.2) is 5.76 Å². The van der Waals surface area contributed by atoms with Crippen LogP contribution >= 0.6 is 0 Å². The molecule has 0 radical (unpaired) electrons. The molecule has 1 aliphatic heterocycles. The zero-order chi connectivity index (χ0) is 11.7. The fraction of sp³-hybridized carbons (Fsp3) is 0.308. The van der Waals surface area contributed by atoms with E-state index < -0.39 is 0 Å². The summed E-state index contributed by atoms with van der Waals surface area (Å²) in [5.74, 6) is 0.914. The summed E-state index contributed by atoms with van der Waals surface area (Å²) in [6, 6.07) is 8.06. The third kappa shape index (κ3) is 2.03. The van der Waals surface area contributed by atoms with E-state index in [4.69, 9.17) is 10.3 Å². The van der Waals surface area contributed by atoms with E-state index in [0.29, 0.717) is 0 Å². The van der Waals surface area contributed by atoms with Gasteiger partial charge in [0.05, 0.1) is 12.7 Å². The van der Waals surface area contributed by atoms with Gasteiger partial charge in [0.1, 0.15) is 0 Å². The molecule has 3 rings (SSSR count). The molecule has 88 valence electrons. The second-order valence-electron chi connectivity index (χ2n) is 4.42. The summed E-state index contributed by atoms with van der Waals surface area (Å²) in [4.78, 5) is 2.35. The van der Waals surface area contributed by atoms with Crippen molar-refractivity contribution in [2.45, 2.75) is 19.5 Å². The zero-order valence-electron chi connectivity index (χ0n) is 9.60. The molecule has 1 aliphatic rings. The quantitative estimate of drug-likeness (QED) is 0.798. The number of rotatable bonds is 2. The lowest BCUT2D eigenvalue weighted by molar-refractivity contribution is 0.215. The van der Waals surface area contributed by atoms with Crippen LogP contribution in [-0.4, -0.2) is 16.6 Å². The molecule has 17 heavy (non-hydrogen) atoms. The maximum Gasteiger partial charge on any atom is 0.150 e. The predicted molar refractivity (Wildman–Crippen MR) is 65.2 cm³/mol. The van der Waals surface area contributed by atoms with Crippen LogP contribution in [-0.2, 0) is 19.5 Å². The van der Waals surface area contributed by atoms with Gasteiger partial charge in [-0.25, -0.2) is 0 Å². The molecule has 0 unspecified atom stereocenters. The summed E-state index contributed by atoms with van der Waals surface area (Å²) in [7, 11) is 0. The van der Waals surface area contributed by atoms with Gasteiger partial charge in [-0.15, -0.1) is 0 Å². The second kappa shape index (κ2) is 4.22. The highest BCUT2D eigenvalue weighted by molar-refractivity contribution is 5.51. The fourth-order valence-electron chi connectivity index (χ4n) is 2.38. The summed E-state index contributed by atoms with van der Waals surface area (Å²) < 4.78 is 5.13. The van der Waals surface area contributed by atoms with Gasteiger partial charge >= 0.3 is 0 Å². The molecule has 1 aromatic heterocycles. The molecule has 0 atom stereocenters. The van der Waals surface area contributed by atoms with Crippen LogP contribution in [0.5, 0.6) is 0 Å². The van der Waals surface area contributed by atoms with Gasteiger partial charge < -0.3 is 10.3 Å². The van der Waals surface area contributed by atoms with Crippen LogP contribution in [0.4, 0.5) is 5.69 Å². The molecule has 4 heteroatoms. The minimum Gasteiger partial charge on any atom is -0.398 e. The van der Waals surface area contributed by atoms with E-state index in [1.54, 1.807) is 6.20 Å². The number of aromatic nitrogens is 1. The molecule has 0 saturated heterocycles. The Morgan fingerprint density at radius 3 is 3.12 bits per heavy atom. The minimum atomic E-state index is 0.814. The smallest absolute Gasteiger partial charge is 0.150 e. The first kappa shape index (κ1) is 10.4. The van der Waals surface area contributed by atoms with Gasteiger partial charge in [-0.2, -0.15) is 0 Å². The molecule has 2 N–H and O–H groups in total. The molecule has 0 amide bonds. The third-order valence-corrected chi connectivity index (χ3v) is 3.25. The Morgan fingerprint density at radius 1 is 1.35 bits per heavy atom. The zero-order valence-corrected chi connectivity index (χ0v) is 9.60. The molecule has 0 aliphatic carbocycles. The van der Waals surface area contributed by atoms with Crippen molar-refractivity contribution in [1.29, 1.82) is 0 Å². The highest BCUT2D eigenvalue weighted by atomic mass is 16.5. The summed E-state index contributed by atoms with van der Waals surface area (Å²) in [5, 5.41) is 3.72. The van der Waals surface area contributed by atoms with E-state index in [1.165, 1.54) is 11.1 Å². The predicted octanol–water partition coefficient (Wildman–Crippen LogP) is 1.82. The van der Waals surface area contributed by atoms with Crippen molar-refractivity contribution in [2.24, 2.45) is 0 Å². The van der Waals surface area contributed by atoms with Crippen LogP contribution in [0.15, 0.2) is 35.0 Å². The summed E-state index contributed by atoms with van der Waals surface area (Å²) in [5.41, 5.74) is 9.53. The van der Waals surface area contributed by atoms with E-state index in [-0.39, 0.29) is 0 Å². The van der Waals surface area contributed by atoms with E-state index in [1.807, 2.05) is 18.2 Å². The fourth-order valence-corrected chi connectivity index (χ4v) is 2.38. The number of fused-ring (bicyclic) bond motifs is 1. The molecule has 0 saturated carbocycles. The van der Waals surface area contributed by atoms with Crippen molar-refractivity contribution < 1.29 is 4.52 Å². The Morgan fingerprint density at radius 2 is 2.29 bits per heavy atom. The highest BCUT2D eigenvalue weighted by Gasteiger charge is 2.18. The van der Waals surface area contributed by atoms with E-state index >= 15 is 0 Å². The van der Waals surface area contributed by atoms with Gasteiger partial charge in [0.25, 0.3) is 0 Å². The van der Waals surface area contributed by atoms with Crippen molar-refractivity contribution in [3.05, 3.63) is 47.3 Å². The van der Waals surface area contributed by atoms with Gasteiger partial charge in [-0.05, 0) is 23.6 Å². The lowest BCUT2D eigenvalue weighted by Gasteiger charge is -2.28. The monoisotopic (exact) mass is 229 g/mol. The Kier molecular flexibility index (Phi) is 2.57. The molecule has 4 nitrogen and oxygen atoms in total. The second-order valence-corrected chi connectivity index (χ2v) is 4.42. The summed E-state index contributed by atoms with van der Waals surface area (Å²) >= 11 is 0. The first-order valence-corrected chi connectivity index (χ1v) is 5.81. The molecule has 1 aromatic carbocycles. The SMILES string of the molecule is Nc1cccc2c1CCN(Cc1ccno1)C2. The van der Waals surface area contributed by atoms with E-state index in [2.05, 4.69) is 16.1 Å². The van der Waals surface area contributed by atoms with Crippen molar-refractivity contribution in [3.63, 3.8) is 0 Å². The summed E-state index contributed by atoms with van der Waals surface area (Å²) in [6.45, 7) is 2.76. The first-order chi connectivity index (χ1) is 8.33. The van der Waals surface area contributed by atoms with Gasteiger partial charge in [0.2, 0.25) is 0 Å². The number of nitrogen functional groups attached to an aromatic ring is 1. The third-order valence-electron chi connectivity index (χ3n) is 3.25. The molecule has 2 heterocycles. The number of nitrogens with zero attached hydrogens (tertiary/aromatic N) is 2. The van der Waals surface area contributed by atoms with Gasteiger partial charge in [-0.3, -0.25) is 4.90 Å². The summed E-state index contributed by atoms with van der Waals surface area (Å²) in [6.07, 6.45) is 2.70. The van der Waals surface area contributed by atoms with Crippen molar-refractivity contribution in [1.82, 2.24) is 10.1 Å². The normalized spacial score (nSPS) is 15.8. The first-order valence-electron chi connectivity index (χ1n) is 5.81. The van der Waals surface area contributed by atoms with Gasteiger partial charge in [-0.1, -0.05) is 17.3 Å². The van der Waals surface area contributed by atoms with Crippen LogP contribution in [0.1, 0.15) is 16.9 Å². The average molecular weight is 229 g/mol. The van der Waals surface area contributed by atoms with Crippen LogP contribution in [0.3, 0.4) is 0 Å². The number of benzene rings is 1. The Labute approximate surface area is 100 Å². The topological polar surface area (TPSA) is 55.3 Å². The average Bonchev–Trinajstić information content (AvgIpc) is 2.82. The molecular formula is C13H15N3O. The minimum absolute atomic E-state index is 0.814. The van der Waals surface area contributed by atoms with Crippen molar-refractivity contribution in [3.8, 4) is 0 Å². The van der Waals surface area contributed by atoms with Crippen molar-refractivity contribution >= 4 is 5.69 Å². The van der Waals surface area contributed by atoms with Gasteiger partial charge in [0, 0.05) is 24.8 Å². The Hall–Kier alpha value is -1.81. The molecule has 0 spiro atoms. The number of hydrogen-bond acceptors (Lipinski definition) is 4. The van der Waals surface area contributed by atoms with E-state index in [9.17, 15) is 0 Å².